The van der Waals surface area contributed by atoms with Crippen LogP contribution in [0.4, 0.5) is 51.2 Å². The van der Waals surface area contributed by atoms with Gasteiger partial charge < -0.3 is 19.4 Å². The number of anilines is 9. The lowest BCUT2D eigenvalue weighted by atomic mass is 9.77. The molecule has 21 aromatic rings. The monoisotopic (exact) mass is 1920 g/mol. The van der Waals surface area contributed by atoms with E-state index < -0.39 is 16.1 Å². The molecule has 144 heavy (non-hydrogen) atoms. The first-order valence-corrected chi connectivity index (χ1v) is 58.2. The first-order chi connectivity index (χ1) is 69.9. The van der Waals surface area contributed by atoms with Crippen LogP contribution >= 0.6 is 23.5 Å². The van der Waals surface area contributed by atoms with Crippen molar-refractivity contribution >= 4 is 144 Å². The predicted molar refractivity (Wildman–Crippen MR) is 618 cm³/mol. The molecule has 3 heterocycles. The molecule has 8 heteroatoms. The summed E-state index contributed by atoms with van der Waals surface area (Å²) in [5.74, 6) is 2.00. The molecule has 696 valence electrons. The van der Waals surface area contributed by atoms with Crippen LogP contribution in [0.2, 0.25) is 26.2 Å². The third kappa shape index (κ3) is 15.0. The minimum Gasteiger partial charge on any atom is -0.458 e. The molecule has 21 aromatic carbocycles. The minimum absolute atomic E-state index is 0.0563. The van der Waals surface area contributed by atoms with Gasteiger partial charge in [0, 0.05) is 91.5 Å². The SMILES string of the molecule is CC1(C)c2ccccc2-c2ccc(N(c3ccc(-c4ccc5c(c4)[Si](C)(C)c4ccccc4O5)cc3)c3cccc4ccccc34)cc21.CC1(C)c2ccccc2-c2ccc(N(c3ccc(-c4ccc5c(c4)[Si](C)(C)c4ccccc4S5)cc3)c3cccc4ccccc34)cc21.CC1(C)c2ccccc2Sc2ccc(-c3ccc(N(c4ccc5c(c4)C(C)(C)c4ccccc4-5)c4cccc5ccccc45)cc3)cc21. The molecule has 0 N–H and O–H groups in total. The summed E-state index contributed by atoms with van der Waals surface area (Å²) in [7, 11) is -3.73. The molecular weight excluding hydrogens is 1810 g/mol. The number of ether oxygens (including phenoxy) is 1. The van der Waals surface area contributed by atoms with Crippen molar-refractivity contribution in [3.8, 4) is 78.3 Å². The van der Waals surface area contributed by atoms with E-state index in [1.807, 2.05) is 23.5 Å². The Morgan fingerprint density at radius 2 is 0.486 bits per heavy atom. The minimum atomic E-state index is -1.92. The molecule has 0 bridgehead atoms. The Hall–Kier alpha value is -15.3. The van der Waals surface area contributed by atoms with Crippen LogP contribution < -0.4 is 40.2 Å². The summed E-state index contributed by atoms with van der Waals surface area (Å²) in [6.07, 6.45) is 0. The lowest BCUT2D eigenvalue weighted by Gasteiger charge is -2.35. The van der Waals surface area contributed by atoms with E-state index in [2.05, 4.69) is 551 Å². The summed E-state index contributed by atoms with van der Waals surface area (Å²) < 4.78 is 6.38. The average Bonchev–Trinajstić information content (AvgIpc) is 1.61. The maximum Gasteiger partial charge on any atom is 0.127 e. The second kappa shape index (κ2) is 34.8. The van der Waals surface area contributed by atoms with Gasteiger partial charge in [-0.1, -0.05) is 427 Å². The van der Waals surface area contributed by atoms with Crippen LogP contribution in [-0.2, 0) is 21.7 Å². The highest BCUT2D eigenvalue weighted by atomic mass is 32.2. The quantitative estimate of drug-likeness (QED) is 0.113. The molecule has 0 radical (unpaired) electrons. The zero-order valence-electron chi connectivity index (χ0n) is 83.4. The van der Waals surface area contributed by atoms with E-state index in [4.69, 9.17) is 4.74 Å². The number of nitrogens with zero attached hydrogens (tertiary/aromatic N) is 3. The maximum absolute atomic E-state index is 6.38. The maximum atomic E-state index is 6.38. The summed E-state index contributed by atoms with van der Waals surface area (Å²) in [4.78, 5) is 12.9. The third-order valence-corrected chi connectivity index (χ3v) is 41.9. The van der Waals surface area contributed by atoms with Gasteiger partial charge in [-0.3, -0.25) is 0 Å². The molecule has 0 aromatic heterocycles. The molecule has 0 saturated carbocycles. The van der Waals surface area contributed by atoms with Crippen molar-refractivity contribution in [1.82, 2.24) is 0 Å². The molecule has 0 saturated heterocycles. The molecule has 3 aliphatic heterocycles. The fourth-order valence-corrected chi connectivity index (χ4v) is 33.9. The van der Waals surface area contributed by atoms with Crippen LogP contribution in [-0.4, -0.2) is 16.1 Å². The normalized spacial score (nSPS) is 14.9. The van der Waals surface area contributed by atoms with Crippen LogP contribution in [0.1, 0.15) is 99.9 Å². The van der Waals surface area contributed by atoms with E-state index in [0.717, 1.165) is 34.2 Å². The zero-order chi connectivity index (χ0) is 97.9. The molecule has 0 atom stereocenters. The Morgan fingerprint density at radius 3 is 0.938 bits per heavy atom. The highest BCUT2D eigenvalue weighted by Gasteiger charge is 2.43. The Balaban J connectivity index is 0.000000113. The second-order valence-electron chi connectivity index (χ2n) is 42.6. The van der Waals surface area contributed by atoms with Gasteiger partial charge in [0.2, 0.25) is 0 Å². The summed E-state index contributed by atoms with van der Waals surface area (Å²) in [6, 6.07) is 169. The Morgan fingerprint density at radius 1 is 0.194 bits per heavy atom. The summed E-state index contributed by atoms with van der Waals surface area (Å²) >= 11 is 3.81. The van der Waals surface area contributed by atoms with Gasteiger partial charge in [0.15, 0.2) is 0 Å². The van der Waals surface area contributed by atoms with E-state index in [1.54, 1.807) is 5.19 Å². The number of rotatable bonds is 12. The molecule has 6 aliphatic rings. The van der Waals surface area contributed by atoms with Crippen LogP contribution in [0.25, 0.3) is 99.1 Å². The molecule has 0 fully saturated rings. The van der Waals surface area contributed by atoms with Crippen LogP contribution in [0.3, 0.4) is 0 Å². The van der Waals surface area contributed by atoms with Gasteiger partial charge in [-0.05, 0) is 282 Å². The smallest absolute Gasteiger partial charge is 0.127 e. The third-order valence-electron chi connectivity index (χ3n) is 32.2. The second-order valence-corrected chi connectivity index (χ2v) is 53.5. The average molecular weight is 1920 g/mol. The molecular formula is C136H111N3OS2Si2. The molecule has 0 unspecified atom stereocenters. The van der Waals surface area contributed by atoms with E-state index in [0.29, 0.717) is 0 Å². The molecule has 4 nitrogen and oxygen atoms in total. The van der Waals surface area contributed by atoms with E-state index in [1.165, 1.54) is 207 Å². The van der Waals surface area contributed by atoms with Crippen molar-refractivity contribution in [2.24, 2.45) is 0 Å². The fraction of sp³-hybridized carbons (Fsp3) is 0.118. The van der Waals surface area contributed by atoms with Crippen molar-refractivity contribution in [1.29, 1.82) is 0 Å². The largest absolute Gasteiger partial charge is 0.458 e. The standard InChI is InChI=1S/C46H37NS.C45H37NOSi.C45H37NSSi/c1-45(2)38-16-8-7-15-36(38)37-26-25-34(29-40(37)45)47(42-18-11-13-31-12-5-6-14-35(31)42)33-23-20-30(21-24-33)32-22-27-44-41(28-32)46(3,4)39-17-9-10-19-43(39)48-44;2*1-45(2)38-16-8-7-15-36(38)37-26-25-34(29-39(37)45)46(40-17-11-13-31-12-5-6-14-35(31)40)33-23-20-30(21-24-33)32-22-27-42-44(28-32)48(3,4)43-19-10-9-18-41(43)47-42/h3*5-29H,1-4H3. The number of hydrogen-bond donors (Lipinski definition) is 0. The molecule has 0 amide bonds. The lowest BCUT2D eigenvalue weighted by Crippen LogP contribution is -2.56. The Bertz CT molecular complexity index is 7950. The molecule has 27 rings (SSSR count). The number of fused-ring (bicyclic) bond motifs is 18. The first kappa shape index (κ1) is 90.0. The van der Waals surface area contributed by atoms with Gasteiger partial charge in [-0.15, -0.1) is 0 Å². The van der Waals surface area contributed by atoms with Gasteiger partial charge in [-0.2, -0.15) is 0 Å². The van der Waals surface area contributed by atoms with Gasteiger partial charge in [0.05, 0.1) is 17.1 Å². The zero-order valence-corrected chi connectivity index (χ0v) is 87.0. The van der Waals surface area contributed by atoms with Crippen LogP contribution in [0, 0.1) is 0 Å². The first-order valence-electron chi connectivity index (χ1n) is 50.6. The van der Waals surface area contributed by atoms with Gasteiger partial charge in [0.1, 0.15) is 27.6 Å². The number of para-hydroxylation sites is 1. The summed E-state index contributed by atoms with van der Waals surface area (Å²) in [5, 5.41) is 13.2. The van der Waals surface area contributed by atoms with Crippen molar-refractivity contribution in [3.63, 3.8) is 0 Å². The Kier molecular flexibility index (Phi) is 21.8. The van der Waals surface area contributed by atoms with Crippen molar-refractivity contribution < 1.29 is 4.74 Å². The topological polar surface area (TPSA) is 19.0 Å². The van der Waals surface area contributed by atoms with Crippen molar-refractivity contribution in [3.05, 3.63) is 499 Å². The Labute approximate surface area is 857 Å². The van der Waals surface area contributed by atoms with E-state index in [-0.39, 0.29) is 21.7 Å². The highest BCUT2D eigenvalue weighted by Crippen LogP contribution is 2.58. The number of hydrogen-bond acceptors (Lipinski definition) is 6. The van der Waals surface area contributed by atoms with E-state index >= 15 is 0 Å². The van der Waals surface area contributed by atoms with Gasteiger partial charge >= 0.3 is 0 Å². The van der Waals surface area contributed by atoms with Gasteiger partial charge in [-0.25, -0.2) is 0 Å². The van der Waals surface area contributed by atoms with Crippen LogP contribution in [0.5, 0.6) is 11.5 Å². The van der Waals surface area contributed by atoms with Crippen molar-refractivity contribution in [2.75, 3.05) is 14.7 Å². The van der Waals surface area contributed by atoms with Crippen molar-refractivity contribution in [2.45, 2.75) is 123 Å². The fourth-order valence-electron chi connectivity index (χ4n) is 24.3. The molecule has 0 spiro atoms. The summed E-state index contributed by atoms with van der Waals surface area (Å²) in [6.45, 7) is 28.7. The van der Waals surface area contributed by atoms with Gasteiger partial charge in [0.25, 0.3) is 0 Å². The highest BCUT2D eigenvalue weighted by molar-refractivity contribution is 8.00. The van der Waals surface area contributed by atoms with E-state index in [9.17, 15) is 0 Å². The lowest BCUT2D eigenvalue weighted by molar-refractivity contribution is 0.487. The predicted octanol–water partition coefficient (Wildman–Crippen LogP) is 35.9. The summed E-state index contributed by atoms with van der Waals surface area (Å²) in [5.41, 5.74) is 36.8. The van der Waals surface area contributed by atoms with Crippen LogP contribution in [0.15, 0.2) is 475 Å². The number of benzene rings is 21. The molecule has 3 aliphatic carbocycles.